The summed E-state index contributed by atoms with van der Waals surface area (Å²) in [4.78, 5) is 13.4. The van der Waals surface area contributed by atoms with Crippen molar-refractivity contribution in [3.63, 3.8) is 0 Å². The highest BCUT2D eigenvalue weighted by Crippen LogP contribution is 2.30. The fourth-order valence-electron chi connectivity index (χ4n) is 1.24. The number of carbonyl (C=O) groups is 1. The number of hydrogen-bond donors (Lipinski definition) is 0. The van der Waals surface area contributed by atoms with Crippen LogP contribution in [0.3, 0.4) is 0 Å². The second-order valence-corrected chi connectivity index (χ2v) is 3.34. The second-order valence-electron chi connectivity index (χ2n) is 3.34. The van der Waals surface area contributed by atoms with Gasteiger partial charge in [-0.15, -0.1) is 6.58 Å². The Bertz CT molecular complexity index is 187. The van der Waals surface area contributed by atoms with Crippen LogP contribution in [0.15, 0.2) is 12.7 Å². The Hall–Kier alpha value is -0.830. The van der Waals surface area contributed by atoms with Crippen LogP contribution in [-0.2, 0) is 9.53 Å². The molecule has 0 atom stereocenters. The quantitative estimate of drug-likeness (QED) is 0.576. The summed E-state index contributed by atoms with van der Waals surface area (Å²) in [6.45, 7) is 5.56. The maximum Gasteiger partial charge on any atom is 0.226 e. The van der Waals surface area contributed by atoms with Crippen LogP contribution in [0.5, 0.6) is 0 Å². The minimum Gasteiger partial charge on any atom is -0.383 e. The third kappa shape index (κ3) is 3.19. The average Bonchev–Trinajstić information content (AvgIpc) is 2.94. The predicted octanol–water partition coefficient (Wildman–Crippen LogP) is 1.06. The Balaban J connectivity index is 2.34. The highest BCUT2D eigenvalue weighted by Gasteiger charge is 2.32. The molecule has 0 spiro atoms. The van der Waals surface area contributed by atoms with Crippen molar-refractivity contribution in [1.82, 2.24) is 4.90 Å². The maximum absolute atomic E-state index is 11.6. The molecular formula is C10H17NO2. The maximum atomic E-state index is 11.6. The Morgan fingerprint density at radius 1 is 1.69 bits per heavy atom. The van der Waals surface area contributed by atoms with Gasteiger partial charge in [0.2, 0.25) is 5.91 Å². The van der Waals surface area contributed by atoms with Gasteiger partial charge in [0.25, 0.3) is 0 Å². The van der Waals surface area contributed by atoms with E-state index in [1.807, 2.05) is 4.90 Å². The first-order valence-corrected chi connectivity index (χ1v) is 4.68. The van der Waals surface area contributed by atoms with Gasteiger partial charge in [0, 0.05) is 26.1 Å². The van der Waals surface area contributed by atoms with E-state index in [9.17, 15) is 4.79 Å². The molecule has 0 aromatic heterocycles. The van der Waals surface area contributed by atoms with Crippen molar-refractivity contribution in [2.45, 2.75) is 12.8 Å². The normalized spacial score (nSPS) is 15.5. The Morgan fingerprint density at radius 2 is 2.38 bits per heavy atom. The molecule has 1 saturated carbocycles. The van der Waals surface area contributed by atoms with Gasteiger partial charge in [0.05, 0.1) is 6.61 Å². The number of nitrogens with zero attached hydrogens (tertiary/aromatic N) is 1. The topological polar surface area (TPSA) is 29.5 Å². The number of hydrogen-bond acceptors (Lipinski definition) is 2. The highest BCUT2D eigenvalue weighted by molar-refractivity contribution is 5.81. The summed E-state index contributed by atoms with van der Waals surface area (Å²) in [5.41, 5.74) is 0. The fourth-order valence-corrected chi connectivity index (χ4v) is 1.24. The molecule has 74 valence electrons. The largest absolute Gasteiger partial charge is 0.383 e. The van der Waals surface area contributed by atoms with Gasteiger partial charge in [-0.1, -0.05) is 6.08 Å². The summed E-state index contributed by atoms with van der Waals surface area (Å²) in [7, 11) is 1.65. The minimum atomic E-state index is 0.261. The van der Waals surface area contributed by atoms with E-state index < -0.39 is 0 Å². The fraction of sp³-hybridized carbons (Fsp3) is 0.700. The lowest BCUT2D eigenvalue weighted by Crippen LogP contribution is -2.35. The van der Waals surface area contributed by atoms with Gasteiger partial charge in [0.1, 0.15) is 0 Å². The summed E-state index contributed by atoms with van der Waals surface area (Å²) in [6, 6.07) is 0. The van der Waals surface area contributed by atoms with Gasteiger partial charge in [-0.2, -0.15) is 0 Å². The predicted molar refractivity (Wildman–Crippen MR) is 51.4 cm³/mol. The molecule has 1 fully saturated rings. The van der Waals surface area contributed by atoms with Crippen LogP contribution in [0.4, 0.5) is 0 Å². The van der Waals surface area contributed by atoms with E-state index in [1.54, 1.807) is 13.2 Å². The molecular weight excluding hydrogens is 166 g/mol. The smallest absolute Gasteiger partial charge is 0.226 e. The first-order chi connectivity index (χ1) is 6.29. The lowest BCUT2D eigenvalue weighted by atomic mass is 10.3. The molecule has 0 aromatic carbocycles. The first-order valence-electron chi connectivity index (χ1n) is 4.68. The highest BCUT2D eigenvalue weighted by atomic mass is 16.5. The van der Waals surface area contributed by atoms with Crippen molar-refractivity contribution in [3.05, 3.63) is 12.7 Å². The minimum absolute atomic E-state index is 0.261. The Labute approximate surface area is 79.4 Å². The Morgan fingerprint density at radius 3 is 2.85 bits per heavy atom. The van der Waals surface area contributed by atoms with E-state index in [0.717, 1.165) is 12.8 Å². The van der Waals surface area contributed by atoms with E-state index in [-0.39, 0.29) is 11.8 Å². The summed E-state index contributed by atoms with van der Waals surface area (Å²) in [5.74, 6) is 0.550. The molecule has 0 unspecified atom stereocenters. The van der Waals surface area contributed by atoms with Gasteiger partial charge in [-0.3, -0.25) is 4.79 Å². The van der Waals surface area contributed by atoms with E-state index >= 15 is 0 Å². The van der Waals surface area contributed by atoms with E-state index in [2.05, 4.69) is 6.58 Å². The molecule has 13 heavy (non-hydrogen) atoms. The van der Waals surface area contributed by atoms with Crippen LogP contribution in [-0.4, -0.2) is 37.6 Å². The van der Waals surface area contributed by atoms with Crippen LogP contribution in [0, 0.1) is 5.92 Å². The van der Waals surface area contributed by atoms with Crippen molar-refractivity contribution >= 4 is 5.91 Å². The third-order valence-electron chi connectivity index (χ3n) is 2.15. The zero-order valence-corrected chi connectivity index (χ0v) is 8.16. The van der Waals surface area contributed by atoms with Crippen molar-refractivity contribution in [2.24, 2.45) is 5.92 Å². The van der Waals surface area contributed by atoms with Gasteiger partial charge < -0.3 is 9.64 Å². The number of carbonyl (C=O) groups excluding carboxylic acids is 1. The molecule has 0 heterocycles. The lowest BCUT2D eigenvalue weighted by Gasteiger charge is -2.20. The lowest BCUT2D eigenvalue weighted by molar-refractivity contribution is -0.132. The zero-order chi connectivity index (χ0) is 9.68. The van der Waals surface area contributed by atoms with Crippen LogP contribution in [0.25, 0.3) is 0 Å². The summed E-state index contributed by atoms with van der Waals surface area (Å²) >= 11 is 0. The van der Waals surface area contributed by atoms with Crippen LogP contribution in [0.2, 0.25) is 0 Å². The number of methoxy groups -OCH3 is 1. The van der Waals surface area contributed by atoms with E-state index in [4.69, 9.17) is 4.74 Å². The van der Waals surface area contributed by atoms with Crippen LogP contribution in [0.1, 0.15) is 12.8 Å². The average molecular weight is 183 g/mol. The van der Waals surface area contributed by atoms with Gasteiger partial charge in [0.15, 0.2) is 0 Å². The molecule has 0 aromatic rings. The third-order valence-corrected chi connectivity index (χ3v) is 2.15. The van der Waals surface area contributed by atoms with Crippen molar-refractivity contribution < 1.29 is 9.53 Å². The summed E-state index contributed by atoms with van der Waals surface area (Å²) in [6.07, 6.45) is 3.87. The molecule has 0 bridgehead atoms. The monoisotopic (exact) mass is 183 g/mol. The number of rotatable bonds is 6. The van der Waals surface area contributed by atoms with E-state index in [0.29, 0.717) is 19.7 Å². The molecule has 0 saturated heterocycles. The van der Waals surface area contributed by atoms with Gasteiger partial charge >= 0.3 is 0 Å². The van der Waals surface area contributed by atoms with Crippen molar-refractivity contribution in [2.75, 3.05) is 26.8 Å². The summed E-state index contributed by atoms with van der Waals surface area (Å²) in [5, 5.41) is 0. The molecule has 3 heteroatoms. The van der Waals surface area contributed by atoms with Gasteiger partial charge in [-0.05, 0) is 12.8 Å². The van der Waals surface area contributed by atoms with Crippen molar-refractivity contribution in [3.8, 4) is 0 Å². The number of amides is 1. The molecule has 0 N–H and O–H groups in total. The van der Waals surface area contributed by atoms with Gasteiger partial charge in [-0.25, -0.2) is 0 Å². The molecule has 1 rings (SSSR count). The molecule has 1 amide bonds. The Kier molecular flexibility index (Phi) is 3.96. The van der Waals surface area contributed by atoms with Crippen molar-refractivity contribution in [1.29, 1.82) is 0 Å². The van der Waals surface area contributed by atoms with Crippen LogP contribution >= 0.6 is 0 Å². The molecule has 1 aliphatic carbocycles. The molecule has 1 aliphatic rings. The summed E-state index contributed by atoms with van der Waals surface area (Å²) < 4.78 is 4.94. The molecule has 3 nitrogen and oxygen atoms in total. The van der Waals surface area contributed by atoms with Crippen LogP contribution < -0.4 is 0 Å². The molecule has 0 aliphatic heterocycles. The SMILES string of the molecule is C=CCN(CCOC)C(=O)C1CC1. The first kappa shape index (κ1) is 10.3. The van der Waals surface area contributed by atoms with E-state index in [1.165, 1.54) is 0 Å². The second kappa shape index (κ2) is 5.02. The number of ether oxygens (including phenoxy) is 1. The molecule has 0 radical (unpaired) electrons. The standard InChI is InChI=1S/C10H17NO2/c1-3-6-11(7-8-13-2)10(12)9-4-5-9/h3,9H,1,4-8H2,2H3. The zero-order valence-electron chi connectivity index (χ0n) is 8.16.